The lowest BCUT2D eigenvalue weighted by Gasteiger charge is -2.24. The zero-order valence-corrected chi connectivity index (χ0v) is 36.9. The maximum Gasteiger partial charge on any atom is 0.291 e. The lowest BCUT2D eigenvalue weighted by molar-refractivity contribution is -0.583. The van der Waals surface area contributed by atoms with E-state index in [4.69, 9.17) is 4.98 Å². The fourth-order valence-electron chi connectivity index (χ4n) is 8.82. The predicted molar refractivity (Wildman–Crippen MR) is 253 cm³/mol. The number of nitrogens with zero attached hydrogens (tertiary/aromatic N) is 3. The lowest BCUT2D eigenvalue weighted by atomic mass is 9.88. The first-order chi connectivity index (χ1) is 29.5. The molecule has 308 valence electrons. The van der Waals surface area contributed by atoms with Crippen LogP contribution < -0.4 is 4.57 Å². The molecule has 0 saturated heterocycles. The number of H-pyrrole nitrogens is 1. The fraction of sp³-hybridized carbons (Fsp3) is 0.250. The van der Waals surface area contributed by atoms with Crippen molar-refractivity contribution in [3.05, 3.63) is 186 Å². The molecule has 0 aliphatic rings. The van der Waals surface area contributed by atoms with E-state index in [1.807, 2.05) is 30.7 Å². The molecule has 0 fully saturated rings. The van der Waals surface area contributed by atoms with E-state index in [0.29, 0.717) is 18.3 Å². The van der Waals surface area contributed by atoms with Gasteiger partial charge in [-0.05, 0) is 123 Å². The number of imidazole rings is 2. The molecule has 2 aromatic heterocycles. The van der Waals surface area contributed by atoms with Crippen molar-refractivity contribution in [3.8, 4) is 62.2 Å². The Bertz CT molecular complexity index is 2710. The molecule has 0 radical (unpaired) electrons. The molecule has 0 aliphatic heterocycles. The summed E-state index contributed by atoms with van der Waals surface area (Å²) in [6.07, 6.45) is 9.56. The Hall–Kier alpha value is -6.46. The minimum absolute atomic E-state index is 0.275. The fourth-order valence-corrected chi connectivity index (χ4v) is 8.82. The normalized spacial score (nSPS) is 11.7. The number of para-hydroxylation sites is 1. The summed E-state index contributed by atoms with van der Waals surface area (Å²) in [4.78, 5) is 8.49. The summed E-state index contributed by atoms with van der Waals surface area (Å²) in [7, 11) is 0. The molecule has 0 spiro atoms. The van der Waals surface area contributed by atoms with Crippen molar-refractivity contribution in [2.75, 3.05) is 0 Å². The summed E-state index contributed by atoms with van der Waals surface area (Å²) in [5, 5.41) is 12.0. The third-order valence-electron chi connectivity index (χ3n) is 12.1. The number of aromatic amines is 1. The van der Waals surface area contributed by atoms with Crippen molar-refractivity contribution in [3.63, 3.8) is 0 Å². The van der Waals surface area contributed by atoms with Crippen molar-refractivity contribution < 1.29 is 9.67 Å². The standard InChI is InChI=1S/C56H58N4O/c1-36(2)48-32-45(41-18-11-9-12-19-41)33-49(37(3)4)52(48)59-29-27-57-55(59)44-23-15-17-40(31-44)25-26-43-22-16-24-47(54(43)61)56-58-28-30-60(56)53-50(38(5)6)34-46(35-51(53)39(7)8)42-20-13-10-14-21-42/h9-24,27-39H,25-26H2,1-8H3,(H,58,61)/p+1. The highest BCUT2D eigenvalue weighted by Gasteiger charge is 2.26. The Morgan fingerprint density at radius 1 is 0.574 bits per heavy atom. The second kappa shape index (κ2) is 17.6. The molecule has 8 rings (SSSR count). The zero-order chi connectivity index (χ0) is 42.8. The number of phenols is 1. The van der Waals surface area contributed by atoms with E-state index in [-0.39, 0.29) is 17.6 Å². The molecule has 0 saturated carbocycles. The molecule has 2 heterocycles. The van der Waals surface area contributed by atoms with Gasteiger partial charge in [-0.1, -0.05) is 140 Å². The SMILES string of the molecule is CC(C)c1cc(-c2ccccc2)cc(C(C)C)c1-n1ccnc1-c1cccc(CCc2cccc(-c3[nH]cc[n+]3-c3c(C(C)C)cc(-c4ccccc4)cc3C(C)C)c2)c1O. The minimum Gasteiger partial charge on any atom is -0.507 e. The highest BCUT2D eigenvalue weighted by Crippen LogP contribution is 2.40. The van der Waals surface area contributed by atoms with Gasteiger partial charge in [-0.25, -0.2) is 9.97 Å². The Morgan fingerprint density at radius 2 is 1.11 bits per heavy atom. The molecule has 0 amide bonds. The second-order valence-corrected chi connectivity index (χ2v) is 17.7. The van der Waals surface area contributed by atoms with Gasteiger partial charge in [0.1, 0.15) is 29.7 Å². The Kier molecular flexibility index (Phi) is 11.9. The Labute approximate surface area is 362 Å². The van der Waals surface area contributed by atoms with Gasteiger partial charge in [0.25, 0.3) is 5.82 Å². The maximum absolute atomic E-state index is 12.0. The molecule has 61 heavy (non-hydrogen) atoms. The molecule has 0 atom stereocenters. The zero-order valence-electron chi connectivity index (χ0n) is 36.9. The van der Waals surface area contributed by atoms with Crippen LogP contribution in [0.1, 0.15) is 112 Å². The van der Waals surface area contributed by atoms with Crippen molar-refractivity contribution in [1.29, 1.82) is 0 Å². The van der Waals surface area contributed by atoms with Crippen LogP contribution in [0.15, 0.2) is 152 Å². The number of phenolic OH excluding ortho intramolecular Hbond substituents is 1. The Balaban J connectivity index is 1.11. The monoisotopic (exact) mass is 803 g/mol. The van der Waals surface area contributed by atoms with Crippen LogP contribution in [0, 0.1) is 0 Å². The summed E-state index contributed by atoms with van der Waals surface area (Å²) in [6.45, 7) is 18.2. The van der Waals surface area contributed by atoms with Gasteiger partial charge < -0.3 is 5.11 Å². The van der Waals surface area contributed by atoms with E-state index in [2.05, 4.69) is 191 Å². The largest absolute Gasteiger partial charge is 0.507 e. The molecular weight excluding hydrogens is 745 g/mol. The number of rotatable bonds is 13. The van der Waals surface area contributed by atoms with Crippen molar-refractivity contribution in [2.24, 2.45) is 0 Å². The van der Waals surface area contributed by atoms with Crippen LogP contribution >= 0.6 is 0 Å². The summed E-state index contributed by atoms with van der Waals surface area (Å²) in [6, 6.07) is 45.7. The first-order valence-electron chi connectivity index (χ1n) is 22.0. The van der Waals surface area contributed by atoms with Gasteiger partial charge in [-0.3, -0.25) is 4.57 Å². The minimum atomic E-state index is 0.275. The molecule has 2 N–H and O–H groups in total. The van der Waals surface area contributed by atoms with Crippen molar-refractivity contribution in [1.82, 2.24) is 14.5 Å². The summed E-state index contributed by atoms with van der Waals surface area (Å²) < 4.78 is 4.54. The van der Waals surface area contributed by atoms with Crippen LogP contribution in [0.25, 0.3) is 56.4 Å². The maximum atomic E-state index is 12.0. The topological polar surface area (TPSA) is 57.7 Å². The number of aromatic hydroxyl groups is 1. The van der Waals surface area contributed by atoms with Gasteiger partial charge in [0.2, 0.25) is 0 Å². The van der Waals surface area contributed by atoms with E-state index in [1.165, 1.54) is 55.8 Å². The Morgan fingerprint density at radius 3 is 1.69 bits per heavy atom. The molecule has 0 bridgehead atoms. The average Bonchev–Trinajstić information content (AvgIpc) is 3.97. The van der Waals surface area contributed by atoms with Gasteiger partial charge in [0.05, 0.1) is 16.8 Å². The summed E-state index contributed by atoms with van der Waals surface area (Å²) >= 11 is 0. The summed E-state index contributed by atoms with van der Waals surface area (Å²) in [5.74, 6) is 3.28. The number of hydrogen-bond acceptors (Lipinski definition) is 2. The van der Waals surface area contributed by atoms with E-state index >= 15 is 0 Å². The molecule has 6 aromatic carbocycles. The van der Waals surface area contributed by atoms with E-state index < -0.39 is 0 Å². The van der Waals surface area contributed by atoms with Gasteiger partial charge in [0.15, 0.2) is 0 Å². The van der Waals surface area contributed by atoms with Crippen molar-refractivity contribution >= 4 is 0 Å². The van der Waals surface area contributed by atoms with Gasteiger partial charge >= 0.3 is 0 Å². The quantitative estimate of drug-likeness (QED) is 0.114. The second-order valence-electron chi connectivity index (χ2n) is 17.7. The van der Waals surface area contributed by atoms with Crippen LogP contribution in [0.5, 0.6) is 5.75 Å². The number of aryl methyl sites for hydroxylation is 2. The highest BCUT2D eigenvalue weighted by molar-refractivity contribution is 5.74. The number of hydrogen-bond donors (Lipinski definition) is 2. The van der Waals surface area contributed by atoms with Crippen molar-refractivity contribution in [2.45, 2.75) is 91.9 Å². The van der Waals surface area contributed by atoms with Crippen LogP contribution in [0.2, 0.25) is 0 Å². The number of aromatic nitrogens is 4. The smallest absolute Gasteiger partial charge is 0.291 e. The van der Waals surface area contributed by atoms with Gasteiger partial charge in [-0.2, -0.15) is 4.57 Å². The van der Waals surface area contributed by atoms with Gasteiger partial charge in [-0.15, -0.1) is 0 Å². The van der Waals surface area contributed by atoms with Crippen LogP contribution in [-0.2, 0) is 12.8 Å². The highest BCUT2D eigenvalue weighted by atomic mass is 16.3. The predicted octanol–water partition coefficient (Wildman–Crippen LogP) is 14.1. The lowest BCUT2D eigenvalue weighted by Crippen LogP contribution is -2.34. The molecule has 0 aliphatic carbocycles. The van der Waals surface area contributed by atoms with E-state index in [0.717, 1.165) is 40.4 Å². The average molecular weight is 804 g/mol. The molecule has 0 unspecified atom stereocenters. The van der Waals surface area contributed by atoms with Gasteiger partial charge in [0, 0.05) is 23.5 Å². The van der Waals surface area contributed by atoms with E-state index in [9.17, 15) is 5.11 Å². The number of nitrogens with one attached hydrogen (secondary N) is 1. The van der Waals surface area contributed by atoms with E-state index in [1.54, 1.807) is 0 Å². The molecule has 5 heteroatoms. The third kappa shape index (κ3) is 8.35. The number of benzene rings is 6. The molecule has 5 nitrogen and oxygen atoms in total. The summed E-state index contributed by atoms with van der Waals surface area (Å²) in [5.41, 5.74) is 16.5. The molecule has 8 aromatic rings. The van der Waals surface area contributed by atoms with Crippen LogP contribution in [0.3, 0.4) is 0 Å². The first kappa shape index (κ1) is 41.3. The first-order valence-corrected chi connectivity index (χ1v) is 22.0. The third-order valence-corrected chi connectivity index (χ3v) is 12.1. The molecular formula is C56H59N4O+. The van der Waals surface area contributed by atoms with Crippen LogP contribution in [-0.4, -0.2) is 19.6 Å². The van der Waals surface area contributed by atoms with Crippen LogP contribution in [0.4, 0.5) is 0 Å².